The maximum Gasteiger partial charge on any atom is 0.319 e. The molecule has 1 unspecified atom stereocenters. The Kier molecular flexibility index (Phi) is 5.37. The molecule has 1 rings (SSSR count). The van der Waals surface area contributed by atoms with Gasteiger partial charge in [-0.2, -0.15) is 0 Å². The zero-order valence-electron chi connectivity index (χ0n) is 10.6. The van der Waals surface area contributed by atoms with Gasteiger partial charge in [-0.3, -0.25) is 14.5 Å². The van der Waals surface area contributed by atoms with Gasteiger partial charge in [-0.25, -0.2) is 0 Å². The number of nitrogens with zero attached hydrogens (tertiary/aromatic N) is 2. The highest BCUT2D eigenvalue weighted by atomic mass is 16.5. The standard InChI is InChI=1S/C11H20N2O4/c1-9(12(2)8-10(14)16-3)11(15)13-4-6-17-7-5-13/h9H,4-8H2,1-3H3. The van der Waals surface area contributed by atoms with Crippen LogP contribution in [0.2, 0.25) is 0 Å². The van der Waals surface area contributed by atoms with Gasteiger partial charge in [-0.05, 0) is 14.0 Å². The number of morpholine rings is 1. The molecule has 1 amide bonds. The summed E-state index contributed by atoms with van der Waals surface area (Å²) in [5.74, 6) is -0.311. The number of hydrogen-bond donors (Lipinski definition) is 0. The predicted molar refractivity (Wildman–Crippen MR) is 61.5 cm³/mol. The van der Waals surface area contributed by atoms with Crippen LogP contribution in [0.5, 0.6) is 0 Å². The van der Waals surface area contributed by atoms with E-state index in [1.54, 1.807) is 23.8 Å². The van der Waals surface area contributed by atoms with Gasteiger partial charge in [0.25, 0.3) is 0 Å². The highest BCUT2D eigenvalue weighted by Gasteiger charge is 2.26. The lowest BCUT2D eigenvalue weighted by Crippen LogP contribution is -2.50. The first-order valence-electron chi connectivity index (χ1n) is 5.70. The van der Waals surface area contributed by atoms with E-state index in [0.29, 0.717) is 26.3 Å². The SMILES string of the molecule is COC(=O)CN(C)C(C)C(=O)N1CCOCC1. The van der Waals surface area contributed by atoms with Crippen LogP contribution < -0.4 is 0 Å². The van der Waals surface area contributed by atoms with E-state index >= 15 is 0 Å². The molecule has 1 heterocycles. The van der Waals surface area contributed by atoms with Gasteiger partial charge in [-0.15, -0.1) is 0 Å². The molecule has 1 aliphatic heterocycles. The summed E-state index contributed by atoms with van der Waals surface area (Å²) < 4.78 is 9.76. The van der Waals surface area contributed by atoms with E-state index in [2.05, 4.69) is 4.74 Å². The summed E-state index contributed by atoms with van der Waals surface area (Å²) in [4.78, 5) is 26.7. The van der Waals surface area contributed by atoms with Crippen molar-refractivity contribution in [3.05, 3.63) is 0 Å². The van der Waals surface area contributed by atoms with Gasteiger partial charge in [0.2, 0.25) is 5.91 Å². The second kappa shape index (κ2) is 6.56. The number of carbonyl (C=O) groups is 2. The molecule has 0 spiro atoms. The maximum atomic E-state index is 12.1. The van der Waals surface area contributed by atoms with E-state index in [1.807, 2.05) is 0 Å². The second-order valence-electron chi connectivity index (χ2n) is 4.10. The van der Waals surface area contributed by atoms with Gasteiger partial charge in [0, 0.05) is 13.1 Å². The van der Waals surface area contributed by atoms with Gasteiger partial charge in [0.05, 0.1) is 32.9 Å². The van der Waals surface area contributed by atoms with Crippen molar-refractivity contribution in [2.24, 2.45) is 0 Å². The Morgan fingerprint density at radius 2 is 2.00 bits per heavy atom. The van der Waals surface area contributed by atoms with Gasteiger partial charge in [-0.1, -0.05) is 0 Å². The molecule has 98 valence electrons. The van der Waals surface area contributed by atoms with Crippen LogP contribution in [0.4, 0.5) is 0 Å². The van der Waals surface area contributed by atoms with E-state index in [-0.39, 0.29) is 24.5 Å². The third kappa shape index (κ3) is 3.98. The lowest BCUT2D eigenvalue weighted by molar-refractivity contribution is -0.145. The molecule has 0 aromatic rings. The van der Waals surface area contributed by atoms with Crippen molar-refractivity contribution in [2.75, 3.05) is 47.0 Å². The molecule has 1 aliphatic rings. The Morgan fingerprint density at radius 1 is 1.41 bits per heavy atom. The molecule has 6 heteroatoms. The van der Waals surface area contributed by atoms with Crippen LogP contribution in [0.1, 0.15) is 6.92 Å². The molecule has 1 saturated heterocycles. The summed E-state index contributed by atoms with van der Waals surface area (Å²) in [6.45, 7) is 4.32. The summed E-state index contributed by atoms with van der Waals surface area (Å²) in [5.41, 5.74) is 0. The summed E-state index contributed by atoms with van der Waals surface area (Å²) in [5, 5.41) is 0. The number of carbonyl (C=O) groups excluding carboxylic acids is 2. The average Bonchev–Trinajstić information content (AvgIpc) is 2.37. The normalized spacial score (nSPS) is 18.0. The molecule has 0 aliphatic carbocycles. The minimum atomic E-state index is -0.339. The first kappa shape index (κ1) is 13.9. The maximum absolute atomic E-state index is 12.1. The van der Waals surface area contributed by atoms with E-state index in [4.69, 9.17) is 4.74 Å². The van der Waals surface area contributed by atoms with Crippen molar-refractivity contribution >= 4 is 11.9 Å². The minimum Gasteiger partial charge on any atom is -0.468 e. The van der Waals surface area contributed by atoms with Crippen molar-refractivity contribution in [2.45, 2.75) is 13.0 Å². The van der Waals surface area contributed by atoms with Crippen molar-refractivity contribution in [3.63, 3.8) is 0 Å². The smallest absolute Gasteiger partial charge is 0.319 e. The lowest BCUT2D eigenvalue weighted by Gasteiger charge is -2.32. The highest BCUT2D eigenvalue weighted by Crippen LogP contribution is 2.05. The Bertz CT molecular complexity index is 277. The number of rotatable bonds is 4. The first-order chi connectivity index (χ1) is 8.06. The molecular weight excluding hydrogens is 224 g/mol. The fourth-order valence-corrected chi connectivity index (χ4v) is 1.64. The van der Waals surface area contributed by atoms with Crippen LogP contribution in [-0.4, -0.2) is 74.7 Å². The second-order valence-corrected chi connectivity index (χ2v) is 4.10. The van der Waals surface area contributed by atoms with Crippen molar-refractivity contribution in [1.82, 2.24) is 9.80 Å². The molecule has 0 N–H and O–H groups in total. The fourth-order valence-electron chi connectivity index (χ4n) is 1.64. The zero-order valence-corrected chi connectivity index (χ0v) is 10.6. The van der Waals surface area contributed by atoms with Gasteiger partial charge >= 0.3 is 5.97 Å². The summed E-state index contributed by atoms with van der Waals surface area (Å²) >= 11 is 0. The van der Waals surface area contributed by atoms with Crippen LogP contribution in [0.15, 0.2) is 0 Å². The number of esters is 1. The van der Waals surface area contributed by atoms with Gasteiger partial charge in [0.15, 0.2) is 0 Å². The molecule has 0 radical (unpaired) electrons. The van der Waals surface area contributed by atoms with E-state index in [0.717, 1.165) is 0 Å². The first-order valence-corrected chi connectivity index (χ1v) is 5.70. The third-order valence-corrected chi connectivity index (χ3v) is 2.95. The monoisotopic (exact) mass is 244 g/mol. The Balaban J connectivity index is 2.46. The molecule has 1 fully saturated rings. The van der Waals surface area contributed by atoms with E-state index in [1.165, 1.54) is 7.11 Å². The Hall–Kier alpha value is -1.14. The van der Waals surface area contributed by atoms with Gasteiger partial charge in [0.1, 0.15) is 0 Å². The van der Waals surface area contributed by atoms with E-state index in [9.17, 15) is 9.59 Å². The van der Waals surface area contributed by atoms with Crippen molar-refractivity contribution < 1.29 is 19.1 Å². The van der Waals surface area contributed by atoms with Crippen LogP contribution in [0.25, 0.3) is 0 Å². The predicted octanol–water partition coefficient (Wildman–Crippen LogP) is -0.661. The number of hydrogen-bond acceptors (Lipinski definition) is 5. The van der Waals surface area contributed by atoms with Crippen molar-refractivity contribution in [3.8, 4) is 0 Å². The summed E-state index contributed by atoms with van der Waals surface area (Å²) in [6, 6.07) is -0.327. The Morgan fingerprint density at radius 3 is 2.53 bits per heavy atom. The molecule has 0 aromatic heterocycles. The largest absolute Gasteiger partial charge is 0.468 e. The van der Waals surface area contributed by atoms with Crippen LogP contribution in [0.3, 0.4) is 0 Å². The van der Waals surface area contributed by atoms with Crippen molar-refractivity contribution in [1.29, 1.82) is 0 Å². The topological polar surface area (TPSA) is 59.1 Å². The minimum absolute atomic E-state index is 0.0275. The number of amides is 1. The molecule has 17 heavy (non-hydrogen) atoms. The molecule has 0 aromatic carbocycles. The van der Waals surface area contributed by atoms with Gasteiger partial charge < -0.3 is 14.4 Å². The zero-order chi connectivity index (χ0) is 12.8. The fraction of sp³-hybridized carbons (Fsp3) is 0.818. The Labute approximate surface area is 101 Å². The van der Waals surface area contributed by atoms with E-state index < -0.39 is 0 Å². The highest BCUT2D eigenvalue weighted by molar-refractivity contribution is 5.82. The molecule has 0 saturated carbocycles. The average molecular weight is 244 g/mol. The number of likely N-dealkylation sites (N-methyl/N-ethyl adjacent to an activating group) is 1. The summed E-state index contributed by atoms with van der Waals surface area (Å²) in [7, 11) is 3.07. The summed E-state index contributed by atoms with van der Waals surface area (Å²) in [6.07, 6.45) is 0. The van der Waals surface area contributed by atoms with Crippen LogP contribution in [0, 0.1) is 0 Å². The van der Waals surface area contributed by atoms with Crippen LogP contribution in [-0.2, 0) is 19.1 Å². The molecule has 6 nitrogen and oxygen atoms in total. The number of ether oxygens (including phenoxy) is 2. The molecule has 0 bridgehead atoms. The lowest BCUT2D eigenvalue weighted by atomic mass is 10.2. The molecular formula is C11H20N2O4. The third-order valence-electron chi connectivity index (χ3n) is 2.95. The molecule has 1 atom stereocenters. The number of methoxy groups -OCH3 is 1. The van der Waals surface area contributed by atoms with Crippen LogP contribution >= 0.6 is 0 Å². The quantitative estimate of drug-likeness (QED) is 0.614.